The lowest BCUT2D eigenvalue weighted by molar-refractivity contribution is -0.279. The lowest BCUT2D eigenvalue weighted by atomic mass is 9.77. The molecular formula is C26H54N4O14. The predicted molar refractivity (Wildman–Crippen MR) is 151 cm³/mol. The van der Waals surface area contributed by atoms with Crippen molar-refractivity contribution in [3.8, 4) is 0 Å². The summed E-state index contributed by atoms with van der Waals surface area (Å²) >= 11 is 0. The molecule has 2 saturated carbocycles. The second-order valence-electron chi connectivity index (χ2n) is 11.4. The molecule has 0 aromatic heterocycles. The monoisotopic (exact) mass is 646 g/mol. The van der Waals surface area contributed by atoms with Crippen molar-refractivity contribution in [2.75, 3.05) is 59.5 Å². The summed E-state index contributed by atoms with van der Waals surface area (Å²) in [6, 6.07) is -3.25. The van der Waals surface area contributed by atoms with E-state index in [0.717, 1.165) is 0 Å². The Labute approximate surface area is 256 Å². The number of rotatable bonds is 16. The third-order valence-electron chi connectivity index (χ3n) is 8.41. The molecule has 3 fully saturated rings. The Hall–Kier alpha value is -0.720. The van der Waals surface area contributed by atoms with E-state index in [9.17, 15) is 30.6 Å². The molecule has 17 N–H and O–H groups in total. The molecule has 1 saturated heterocycles. The van der Waals surface area contributed by atoms with Crippen molar-refractivity contribution in [2.45, 2.75) is 92.2 Å². The minimum atomic E-state index is -1.49. The molecule has 15 unspecified atom stereocenters. The van der Waals surface area contributed by atoms with Gasteiger partial charge in [0.1, 0.15) is 18.3 Å². The van der Waals surface area contributed by atoms with Crippen molar-refractivity contribution >= 4 is 0 Å². The minimum Gasteiger partial charge on any atom is -0.394 e. The van der Waals surface area contributed by atoms with E-state index in [1.807, 2.05) is 0 Å². The van der Waals surface area contributed by atoms with Crippen LogP contribution in [-0.2, 0) is 28.4 Å². The van der Waals surface area contributed by atoms with Crippen LogP contribution < -0.4 is 23.4 Å². The Morgan fingerprint density at radius 2 is 1.02 bits per heavy atom. The van der Waals surface area contributed by atoms with Gasteiger partial charge in [-0.3, -0.25) is 0 Å². The number of hydrogen-bond acceptors (Lipinski definition) is 18. The standard InChI is InChI=1S/C26H51N3O14.H3N/c27-17-14(7-12(9-38-4-1-30)20(33)21(17)34)41-24-13(10-39-5-2-31)8-15(18(28)22(24)35)42-25-16(11-40-6-3-32)43-26(37)19(29)23(25)36;/h12-26,30-37H,1-11,27-29H2;1H3. The van der Waals surface area contributed by atoms with Gasteiger partial charge in [0.05, 0.1) is 114 Å². The number of aliphatic hydroxyl groups excluding tert-OH is 8. The molecule has 15 atom stereocenters. The van der Waals surface area contributed by atoms with Crippen LogP contribution in [0.15, 0.2) is 0 Å². The van der Waals surface area contributed by atoms with Crippen molar-refractivity contribution in [2.24, 2.45) is 29.0 Å². The van der Waals surface area contributed by atoms with Crippen molar-refractivity contribution < 1.29 is 69.3 Å². The molecule has 1 heterocycles. The van der Waals surface area contributed by atoms with Crippen LogP contribution in [0.1, 0.15) is 12.8 Å². The first kappa shape index (κ1) is 39.5. The van der Waals surface area contributed by atoms with Crippen molar-refractivity contribution in [1.29, 1.82) is 0 Å². The average molecular weight is 647 g/mol. The van der Waals surface area contributed by atoms with E-state index >= 15 is 0 Å². The van der Waals surface area contributed by atoms with Crippen molar-refractivity contribution in [3.05, 3.63) is 0 Å². The fourth-order valence-corrected chi connectivity index (χ4v) is 5.97. The largest absolute Gasteiger partial charge is 0.394 e. The lowest BCUT2D eigenvalue weighted by Gasteiger charge is -2.49. The third-order valence-corrected chi connectivity index (χ3v) is 8.41. The third kappa shape index (κ3) is 9.89. The average Bonchev–Trinajstić information content (AvgIpc) is 2.99. The minimum absolute atomic E-state index is 0. The van der Waals surface area contributed by atoms with Crippen LogP contribution in [0.3, 0.4) is 0 Å². The highest BCUT2D eigenvalue weighted by atomic mass is 16.6. The van der Waals surface area contributed by atoms with Gasteiger partial charge in [-0.05, 0) is 12.8 Å². The SMILES string of the molecule is N.NC1C(OC2C(COCCO)CC(OC3C(COCCO)OC(O)C(N)C3O)C(N)C2O)CC(COCCO)C(O)C1O. The van der Waals surface area contributed by atoms with E-state index in [-0.39, 0.29) is 78.5 Å². The Kier molecular flexibility index (Phi) is 17.2. The van der Waals surface area contributed by atoms with Crippen LogP contribution in [0.5, 0.6) is 0 Å². The summed E-state index contributed by atoms with van der Waals surface area (Å²) in [5.41, 5.74) is 18.6. The van der Waals surface area contributed by atoms with Gasteiger partial charge in [-0.1, -0.05) is 0 Å². The molecule has 44 heavy (non-hydrogen) atoms. The van der Waals surface area contributed by atoms with Crippen LogP contribution in [0, 0.1) is 11.8 Å². The van der Waals surface area contributed by atoms with Crippen LogP contribution in [0.25, 0.3) is 0 Å². The second kappa shape index (κ2) is 19.2. The summed E-state index contributed by atoms with van der Waals surface area (Å²) in [6.07, 6.45) is -11.1. The van der Waals surface area contributed by atoms with E-state index < -0.39 is 91.2 Å². The normalized spacial score (nSPS) is 43.0. The Bertz CT molecular complexity index is 795. The van der Waals surface area contributed by atoms with Crippen LogP contribution in [0.2, 0.25) is 0 Å². The molecule has 18 nitrogen and oxygen atoms in total. The molecule has 0 bridgehead atoms. The number of ether oxygens (including phenoxy) is 6. The Morgan fingerprint density at radius 1 is 0.568 bits per heavy atom. The van der Waals surface area contributed by atoms with Gasteiger partial charge >= 0.3 is 0 Å². The van der Waals surface area contributed by atoms with E-state index in [1.54, 1.807) is 0 Å². The van der Waals surface area contributed by atoms with Gasteiger partial charge in [0.25, 0.3) is 0 Å². The van der Waals surface area contributed by atoms with E-state index in [2.05, 4.69) is 0 Å². The highest BCUT2D eigenvalue weighted by Crippen LogP contribution is 2.36. The zero-order valence-electron chi connectivity index (χ0n) is 24.9. The number of aliphatic hydroxyl groups is 8. The van der Waals surface area contributed by atoms with Gasteiger partial charge in [-0.2, -0.15) is 0 Å². The molecule has 1 aliphatic heterocycles. The first-order chi connectivity index (χ1) is 20.5. The lowest BCUT2D eigenvalue weighted by Crippen LogP contribution is -2.67. The smallest absolute Gasteiger partial charge is 0.173 e. The zero-order chi connectivity index (χ0) is 31.7. The van der Waals surface area contributed by atoms with Crippen LogP contribution in [0.4, 0.5) is 0 Å². The van der Waals surface area contributed by atoms with Gasteiger partial charge in [-0.25, -0.2) is 0 Å². The van der Waals surface area contributed by atoms with Crippen molar-refractivity contribution in [3.63, 3.8) is 0 Å². The highest BCUT2D eigenvalue weighted by Gasteiger charge is 2.51. The molecule has 3 rings (SSSR count). The van der Waals surface area contributed by atoms with E-state index in [0.29, 0.717) is 0 Å². The van der Waals surface area contributed by atoms with Crippen molar-refractivity contribution in [1.82, 2.24) is 6.15 Å². The molecule has 0 radical (unpaired) electrons. The molecule has 0 aromatic rings. The van der Waals surface area contributed by atoms with Crippen LogP contribution in [-0.4, -0.2) is 180 Å². The zero-order valence-corrected chi connectivity index (χ0v) is 24.9. The molecule has 0 amide bonds. The molecule has 0 spiro atoms. The summed E-state index contributed by atoms with van der Waals surface area (Å²) in [6.45, 7) is -0.715. The van der Waals surface area contributed by atoms with Gasteiger partial charge in [0, 0.05) is 11.8 Å². The van der Waals surface area contributed by atoms with Gasteiger partial charge in [0.2, 0.25) is 0 Å². The number of hydrogen-bond donors (Lipinski definition) is 12. The summed E-state index contributed by atoms with van der Waals surface area (Å²) in [5.74, 6) is -1.12. The fraction of sp³-hybridized carbons (Fsp3) is 1.00. The molecule has 0 aromatic carbocycles. The second-order valence-corrected chi connectivity index (χ2v) is 11.4. The quantitative estimate of drug-likeness (QED) is 0.0694. The van der Waals surface area contributed by atoms with E-state index in [4.69, 9.17) is 55.8 Å². The van der Waals surface area contributed by atoms with Gasteiger partial charge in [-0.15, -0.1) is 0 Å². The first-order valence-corrected chi connectivity index (χ1v) is 14.7. The summed E-state index contributed by atoms with van der Waals surface area (Å²) < 4.78 is 34.3. The summed E-state index contributed by atoms with van der Waals surface area (Å²) in [5, 5.41) is 80.8. The first-order valence-electron chi connectivity index (χ1n) is 14.7. The molecule has 2 aliphatic carbocycles. The van der Waals surface area contributed by atoms with Crippen LogP contribution >= 0.6 is 0 Å². The maximum atomic E-state index is 11.4. The fourth-order valence-electron chi connectivity index (χ4n) is 5.97. The Balaban J connectivity index is 0.00000675. The summed E-state index contributed by atoms with van der Waals surface area (Å²) in [7, 11) is 0. The number of nitrogens with two attached hydrogens (primary N) is 3. The topological polar surface area (TPSA) is 330 Å². The maximum absolute atomic E-state index is 11.4. The molecule has 3 aliphatic rings. The molecular weight excluding hydrogens is 592 g/mol. The van der Waals surface area contributed by atoms with E-state index in [1.165, 1.54) is 0 Å². The molecule has 262 valence electrons. The summed E-state index contributed by atoms with van der Waals surface area (Å²) in [4.78, 5) is 0. The Morgan fingerprint density at radius 3 is 1.59 bits per heavy atom. The predicted octanol–water partition coefficient (Wildman–Crippen LogP) is -6.13. The van der Waals surface area contributed by atoms with Gasteiger partial charge < -0.3 is 92.6 Å². The highest BCUT2D eigenvalue weighted by molar-refractivity contribution is 5.02. The van der Waals surface area contributed by atoms with Gasteiger partial charge in [0.15, 0.2) is 6.29 Å². The molecule has 18 heteroatoms. The maximum Gasteiger partial charge on any atom is 0.173 e.